The first-order valence-electron chi connectivity index (χ1n) is 5.74. The van der Waals surface area contributed by atoms with Crippen LogP contribution in [0.4, 0.5) is 0 Å². The first kappa shape index (κ1) is 10.7. The zero-order valence-corrected chi connectivity index (χ0v) is 10.9. The van der Waals surface area contributed by atoms with Crippen LogP contribution in [0.25, 0.3) is 0 Å². The lowest BCUT2D eigenvalue weighted by molar-refractivity contribution is 0.414. The second kappa shape index (κ2) is 4.01. The van der Waals surface area contributed by atoms with E-state index in [0.29, 0.717) is 0 Å². The molecule has 82 valence electrons. The van der Waals surface area contributed by atoms with E-state index in [1.807, 2.05) is 0 Å². The molecular formula is C13H20OSi. The van der Waals surface area contributed by atoms with Gasteiger partial charge in [0, 0.05) is 0 Å². The van der Waals surface area contributed by atoms with E-state index < -0.39 is 8.07 Å². The van der Waals surface area contributed by atoms with Gasteiger partial charge in [-0.2, -0.15) is 0 Å². The molecule has 0 radical (unpaired) electrons. The van der Waals surface area contributed by atoms with E-state index in [4.69, 9.17) is 4.74 Å². The van der Waals surface area contributed by atoms with Gasteiger partial charge >= 0.3 is 0 Å². The number of hydrogen-bond donors (Lipinski definition) is 0. The molecule has 1 aromatic carbocycles. The van der Waals surface area contributed by atoms with Gasteiger partial charge in [0.2, 0.25) is 0 Å². The molecule has 1 aromatic rings. The molecule has 1 fully saturated rings. The van der Waals surface area contributed by atoms with Gasteiger partial charge in [-0.15, -0.1) is 0 Å². The summed E-state index contributed by atoms with van der Waals surface area (Å²) in [5.41, 5.74) is 1.50. The largest absolute Gasteiger partial charge is 0.497 e. The third-order valence-corrected chi connectivity index (χ3v) is 8.10. The fourth-order valence-electron chi connectivity index (χ4n) is 3.00. The van der Waals surface area contributed by atoms with Crippen LogP contribution in [0.15, 0.2) is 24.3 Å². The molecule has 0 aliphatic carbocycles. The Bertz CT molecular complexity index is 325. The highest BCUT2D eigenvalue weighted by atomic mass is 28.3. The van der Waals surface area contributed by atoms with Crippen molar-refractivity contribution in [3.05, 3.63) is 29.8 Å². The van der Waals surface area contributed by atoms with Crippen LogP contribution < -0.4 is 4.74 Å². The van der Waals surface area contributed by atoms with Crippen LogP contribution in [0.1, 0.15) is 12.5 Å². The molecule has 1 heterocycles. The summed E-state index contributed by atoms with van der Waals surface area (Å²) in [5.74, 6) is 1.95. The molecule has 0 aromatic heterocycles. The molecule has 2 rings (SSSR count). The number of methoxy groups -OCH3 is 1. The lowest BCUT2D eigenvalue weighted by atomic mass is 10.2. The van der Waals surface area contributed by atoms with Crippen LogP contribution in [0.2, 0.25) is 18.6 Å². The van der Waals surface area contributed by atoms with Crippen LogP contribution in [-0.2, 0) is 6.04 Å². The first-order chi connectivity index (χ1) is 7.11. The van der Waals surface area contributed by atoms with Crippen LogP contribution >= 0.6 is 0 Å². The maximum Gasteiger partial charge on any atom is 0.118 e. The maximum atomic E-state index is 5.17. The zero-order chi connectivity index (χ0) is 10.9. The third-order valence-electron chi connectivity index (χ3n) is 3.47. The smallest absolute Gasteiger partial charge is 0.118 e. The number of hydrogen-bond acceptors (Lipinski definition) is 1. The minimum Gasteiger partial charge on any atom is -0.497 e. The first-order valence-corrected chi connectivity index (χ1v) is 8.86. The quantitative estimate of drug-likeness (QED) is 0.708. The zero-order valence-electron chi connectivity index (χ0n) is 9.92. The second-order valence-corrected chi connectivity index (χ2v) is 10.1. The van der Waals surface area contributed by atoms with Gasteiger partial charge < -0.3 is 4.74 Å². The van der Waals surface area contributed by atoms with Gasteiger partial charge in [0.15, 0.2) is 0 Å². The van der Waals surface area contributed by atoms with E-state index in [1.54, 1.807) is 7.11 Å². The van der Waals surface area contributed by atoms with Crippen molar-refractivity contribution >= 4 is 8.07 Å². The van der Waals surface area contributed by atoms with E-state index in [9.17, 15) is 0 Å². The fourth-order valence-corrected chi connectivity index (χ4v) is 7.76. The van der Waals surface area contributed by atoms with Gasteiger partial charge in [-0.1, -0.05) is 43.3 Å². The van der Waals surface area contributed by atoms with Crippen LogP contribution in [0.3, 0.4) is 0 Å². The molecule has 1 saturated heterocycles. The van der Waals surface area contributed by atoms with Crippen molar-refractivity contribution in [2.24, 2.45) is 5.92 Å². The van der Waals surface area contributed by atoms with E-state index in [1.165, 1.54) is 23.7 Å². The Morgan fingerprint density at radius 1 is 1.27 bits per heavy atom. The Labute approximate surface area is 93.5 Å². The van der Waals surface area contributed by atoms with Crippen molar-refractivity contribution in [1.82, 2.24) is 0 Å². The summed E-state index contributed by atoms with van der Waals surface area (Å²) in [6, 6.07) is 13.0. The van der Waals surface area contributed by atoms with Crippen molar-refractivity contribution in [1.29, 1.82) is 0 Å². The molecule has 0 spiro atoms. The molecule has 0 unspecified atom stereocenters. The van der Waals surface area contributed by atoms with Crippen LogP contribution in [0.5, 0.6) is 5.75 Å². The lowest BCUT2D eigenvalue weighted by Crippen LogP contribution is -2.45. The monoisotopic (exact) mass is 220 g/mol. The average molecular weight is 220 g/mol. The van der Waals surface area contributed by atoms with Gasteiger partial charge in [0.05, 0.1) is 15.2 Å². The summed E-state index contributed by atoms with van der Waals surface area (Å²) < 4.78 is 5.17. The fraction of sp³-hybridized carbons (Fsp3) is 0.538. The van der Waals surface area contributed by atoms with E-state index in [0.717, 1.165) is 11.7 Å². The van der Waals surface area contributed by atoms with Gasteiger partial charge in [-0.3, -0.25) is 0 Å². The molecule has 0 atom stereocenters. The lowest BCUT2D eigenvalue weighted by Gasteiger charge is -2.42. The number of benzene rings is 1. The standard InChI is InChI=1S/C13H20OSi/c1-11-8-15(3,9-11)10-12-4-6-13(14-2)7-5-12/h4-7,11H,8-10H2,1-3H3. The predicted molar refractivity (Wildman–Crippen MR) is 67.1 cm³/mol. The Morgan fingerprint density at radius 2 is 1.87 bits per heavy atom. The van der Waals surface area contributed by atoms with Crippen molar-refractivity contribution < 1.29 is 4.74 Å². The van der Waals surface area contributed by atoms with Crippen molar-refractivity contribution in [3.63, 3.8) is 0 Å². The highest BCUT2D eigenvalue weighted by Gasteiger charge is 2.39. The topological polar surface area (TPSA) is 9.23 Å². The SMILES string of the molecule is COc1ccc(C[Si]2(C)CC(C)C2)cc1. The Balaban J connectivity index is 1.99. The van der Waals surface area contributed by atoms with Crippen molar-refractivity contribution in [2.45, 2.75) is 31.6 Å². The molecule has 1 aliphatic rings. The number of rotatable bonds is 3. The van der Waals surface area contributed by atoms with Crippen molar-refractivity contribution in [3.8, 4) is 5.75 Å². The van der Waals surface area contributed by atoms with E-state index in [-0.39, 0.29) is 0 Å². The molecule has 0 bridgehead atoms. The van der Waals surface area contributed by atoms with E-state index >= 15 is 0 Å². The maximum absolute atomic E-state index is 5.17. The molecule has 0 saturated carbocycles. The highest BCUT2D eigenvalue weighted by molar-refractivity contribution is 6.80. The van der Waals surface area contributed by atoms with Gasteiger partial charge in [-0.25, -0.2) is 0 Å². The molecule has 2 heteroatoms. The number of ether oxygens (including phenoxy) is 1. The Morgan fingerprint density at radius 3 is 2.33 bits per heavy atom. The van der Waals surface area contributed by atoms with E-state index in [2.05, 4.69) is 37.7 Å². The van der Waals surface area contributed by atoms with Gasteiger partial charge in [0.1, 0.15) is 5.75 Å². The summed E-state index contributed by atoms with van der Waals surface area (Å²) in [7, 11) is 0.852. The predicted octanol–water partition coefficient (Wildman–Crippen LogP) is 3.51. The molecule has 1 nitrogen and oxygen atoms in total. The van der Waals surface area contributed by atoms with Crippen molar-refractivity contribution in [2.75, 3.05) is 7.11 Å². The Hall–Kier alpha value is -0.763. The summed E-state index contributed by atoms with van der Waals surface area (Å²) >= 11 is 0. The second-order valence-electron chi connectivity index (χ2n) is 5.35. The highest BCUT2D eigenvalue weighted by Crippen LogP contribution is 2.40. The molecular weight excluding hydrogens is 200 g/mol. The van der Waals surface area contributed by atoms with Crippen LogP contribution in [-0.4, -0.2) is 15.2 Å². The normalized spacial score (nSPS) is 29.7. The van der Waals surface area contributed by atoms with Crippen LogP contribution in [0, 0.1) is 5.92 Å². The molecule has 0 N–H and O–H groups in total. The van der Waals surface area contributed by atoms with Gasteiger partial charge in [0.25, 0.3) is 0 Å². The third kappa shape index (κ3) is 2.43. The average Bonchev–Trinajstić information content (AvgIpc) is 2.17. The Kier molecular flexibility index (Phi) is 2.87. The molecule has 15 heavy (non-hydrogen) atoms. The summed E-state index contributed by atoms with van der Waals surface area (Å²) in [5, 5.41) is 0. The minimum atomic E-state index is -0.869. The summed E-state index contributed by atoms with van der Waals surface area (Å²) in [4.78, 5) is 0. The van der Waals surface area contributed by atoms with Gasteiger partial charge in [-0.05, 0) is 24.1 Å². The minimum absolute atomic E-state index is 0.869. The molecule has 1 aliphatic heterocycles. The summed E-state index contributed by atoms with van der Waals surface area (Å²) in [6.07, 6.45) is 0. The molecule has 0 amide bonds. The summed E-state index contributed by atoms with van der Waals surface area (Å²) in [6.45, 7) is 4.92.